The second-order valence-corrected chi connectivity index (χ2v) is 5.54. The van der Waals surface area contributed by atoms with Crippen LogP contribution in [0.15, 0.2) is 27.6 Å². The summed E-state index contributed by atoms with van der Waals surface area (Å²) >= 11 is 3.09. The number of halogens is 2. The Morgan fingerprint density at radius 3 is 2.54 bits per heavy atom. The first-order valence-electron chi connectivity index (χ1n) is 3.24. The van der Waals surface area contributed by atoms with E-state index in [1.54, 1.807) is 12.1 Å². The maximum absolute atomic E-state index is 11.0. The fourth-order valence-electron chi connectivity index (χ4n) is 0.837. The topological polar surface area (TPSA) is 43.4 Å². The lowest BCUT2D eigenvalue weighted by Crippen LogP contribution is -1.94. The Balaban J connectivity index is 3.41. The molecule has 0 amide bonds. The molecule has 0 unspecified atom stereocenters. The van der Waals surface area contributed by atoms with E-state index in [1.807, 2.05) is 0 Å². The van der Waals surface area contributed by atoms with Gasteiger partial charge in [0.25, 0.3) is 9.05 Å². The van der Waals surface area contributed by atoms with Gasteiger partial charge in [-0.25, -0.2) is 8.42 Å². The van der Waals surface area contributed by atoms with Gasteiger partial charge in [0, 0.05) is 10.7 Å². The van der Waals surface area contributed by atoms with E-state index in [-0.39, 0.29) is 4.90 Å². The van der Waals surface area contributed by atoms with Crippen LogP contribution >= 0.6 is 26.6 Å². The molecule has 0 saturated heterocycles. The number of ether oxygens (including phenoxy) is 1. The maximum atomic E-state index is 11.0. The quantitative estimate of drug-likeness (QED) is 0.784. The Labute approximate surface area is 89.2 Å². The Hall–Kier alpha value is -0.260. The molecule has 0 fully saturated rings. The summed E-state index contributed by atoms with van der Waals surface area (Å²) in [5.74, 6) is 0.432. The van der Waals surface area contributed by atoms with Crippen LogP contribution in [0.3, 0.4) is 0 Å². The summed E-state index contributed by atoms with van der Waals surface area (Å²) < 4.78 is 27.3. The average Bonchev–Trinajstić information content (AvgIpc) is 2.02. The van der Waals surface area contributed by atoms with Crippen LogP contribution in [0.2, 0.25) is 0 Å². The van der Waals surface area contributed by atoms with E-state index in [0.29, 0.717) is 10.2 Å². The summed E-state index contributed by atoms with van der Waals surface area (Å²) in [5, 5.41) is 0. The average molecular weight is 286 g/mol. The molecule has 0 aliphatic carbocycles. The smallest absolute Gasteiger partial charge is 0.262 e. The molecule has 0 N–H and O–H groups in total. The van der Waals surface area contributed by atoms with Crippen LogP contribution < -0.4 is 4.74 Å². The highest BCUT2D eigenvalue weighted by Crippen LogP contribution is 2.32. The number of rotatable bonds is 2. The molecule has 0 atom stereocenters. The van der Waals surface area contributed by atoms with E-state index in [1.165, 1.54) is 13.2 Å². The summed E-state index contributed by atoms with van der Waals surface area (Å²) in [5.41, 5.74) is 0. The number of hydrogen-bond donors (Lipinski definition) is 0. The third-order valence-electron chi connectivity index (χ3n) is 1.41. The van der Waals surface area contributed by atoms with Crippen molar-refractivity contribution in [2.24, 2.45) is 0 Å². The molecule has 3 nitrogen and oxygen atoms in total. The zero-order chi connectivity index (χ0) is 10.1. The molecule has 13 heavy (non-hydrogen) atoms. The van der Waals surface area contributed by atoms with Crippen molar-refractivity contribution in [3.8, 4) is 5.75 Å². The van der Waals surface area contributed by atoms with Crippen molar-refractivity contribution in [1.29, 1.82) is 0 Å². The van der Waals surface area contributed by atoms with Gasteiger partial charge in [0.15, 0.2) is 0 Å². The minimum atomic E-state index is -3.72. The molecule has 0 heterocycles. The SMILES string of the molecule is COc1cccc(S(=O)(=O)Cl)c1Br. The van der Waals surface area contributed by atoms with Crippen LogP contribution in [0, 0.1) is 0 Å². The van der Waals surface area contributed by atoms with Gasteiger partial charge in [-0.1, -0.05) is 6.07 Å². The molecule has 0 aromatic heterocycles. The van der Waals surface area contributed by atoms with Gasteiger partial charge in [0.2, 0.25) is 0 Å². The molecule has 0 spiro atoms. The predicted octanol–water partition coefficient (Wildman–Crippen LogP) is 2.39. The second kappa shape index (κ2) is 3.86. The Morgan fingerprint density at radius 2 is 2.08 bits per heavy atom. The molecule has 1 rings (SSSR count). The summed E-state index contributed by atoms with van der Waals surface area (Å²) in [6.07, 6.45) is 0. The zero-order valence-electron chi connectivity index (χ0n) is 6.62. The molecule has 0 aliphatic rings. The van der Waals surface area contributed by atoms with Gasteiger partial charge in [-0.2, -0.15) is 0 Å². The van der Waals surface area contributed by atoms with E-state index in [4.69, 9.17) is 15.4 Å². The lowest BCUT2D eigenvalue weighted by Gasteiger charge is -2.05. The predicted molar refractivity (Wildman–Crippen MR) is 53.7 cm³/mol. The van der Waals surface area contributed by atoms with Crippen molar-refractivity contribution in [2.45, 2.75) is 4.90 Å². The minimum absolute atomic E-state index is 0.00789. The lowest BCUT2D eigenvalue weighted by molar-refractivity contribution is 0.410. The Bertz CT molecular complexity index is 416. The highest BCUT2D eigenvalue weighted by atomic mass is 79.9. The molecular formula is C7H6BrClO3S. The largest absolute Gasteiger partial charge is 0.496 e. The minimum Gasteiger partial charge on any atom is -0.496 e. The third-order valence-corrected chi connectivity index (χ3v) is 3.86. The van der Waals surface area contributed by atoms with Crippen LogP contribution in [-0.4, -0.2) is 15.5 Å². The van der Waals surface area contributed by atoms with E-state index in [2.05, 4.69) is 15.9 Å². The van der Waals surface area contributed by atoms with Crippen molar-refractivity contribution in [2.75, 3.05) is 7.11 Å². The van der Waals surface area contributed by atoms with E-state index >= 15 is 0 Å². The monoisotopic (exact) mass is 284 g/mol. The van der Waals surface area contributed by atoms with Gasteiger partial charge >= 0.3 is 0 Å². The molecule has 6 heteroatoms. The van der Waals surface area contributed by atoms with Crippen molar-refractivity contribution in [1.82, 2.24) is 0 Å². The third kappa shape index (κ3) is 2.36. The molecule has 0 bridgehead atoms. The fourth-order valence-corrected chi connectivity index (χ4v) is 3.12. The standard InChI is InChI=1S/C7H6BrClO3S/c1-12-5-3-2-4-6(7(5)8)13(9,10)11/h2-4H,1H3. The first kappa shape index (κ1) is 10.8. The number of benzene rings is 1. The summed E-state index contributed by atoms with van der Waals surface area (Å²) in [6, 6.07) is 4.59. The van der Waals surface area contributed by atoms with Gasteiger partial charge in [-0.3, -0.25) is 0 Å². The van der Waals surface area contributed by atoms with Crippen LogP contribution in [0.1, 0.15) is 0 Å². The van der Waals surface area contributed by atoms with Crippen LogP contribution in [0.25, 0.3) is 0 Å². The van der Waals surface area contributed by atoms with Crippen LogP contribution in [0.5, 0.6) is 5.75 Å². The second-order valence-electron chi connectivity index (χ2n) is 2.21. The van der Waals surface area contributed by atoms with E-state index < -0.39 is 9.05 Å². The summed E-state index contributed by atoms with van der Waals surface area (Å²) in [4.78, 5) is 0.00789. The fraction of sp³-hybridized carbons (Fsp3) is 0.143. The number of hydrogen-bond acceptors (Lipinski definition) is 3. The molecule has 1 aromatic carbocycles. The lowest BCUT2D eigenvalue weighted by atomic mass is 10.3. The summed E-state index contributed by atoms with van der Waals surface area (Å²) in [7, 11) is 2.91. The Kier molecular flexibility index (Phi) is 3.21. The van der Waals surface area contributed by atoms with Crippen LogP contribution in [-0.2, 0) is 9.05 Å². The number of methoxy groups -OCH3 is 1. The van der Waals surface area contributed by atoms with Gasteiger partial charge < -0.3 is 4.74 Å². The molecule has 0 saturated carbocycles. The maximum Gasteiger partial charge on any atom is 0.262 e. The molecule has 72 valence electrons. The molecular weight excluding hydrogens is 279 g/mol. The van der Waals surface area contributed by atoms with Gasteiger partial charge in [-0.15, -0.1) is 0 Å². The normalized spacial score (nSPS) is 11.3. The highest BCUT2D eigenvalue weighted by Gasteiger charge is 2.16. The molecule has 0 aliphatic heterocycles. The molecule has 0 radical (unpaired) electrons. The first-order valence-corrected chi connectivity index (χ1v) is 6.34. The van der Waals surface area contributed by atoms with Crippen molar-refractivity contribution < 1.29 is 13.2 Å². The van der Waals surface area contributed by atoms with Gasteiger partial charge in [0.05, 0.1) is 11.6 Å². The van der Waals surface area contributed by atoms with Gasteiger partial charge in [0.1, 0.15) is 10.6 Å². The van der Waals surface area contributed by atoms with Gasteiger partial charge in [-0.05, 0) is 28.1 Å². The molecule has 1 aromatic rings. The van der Waals surface area contributed by atoms with Crippen LogP contribution in [0.4, 0.5) is 0 Å². The van der Waals surface area contributed by atoms with Crippen molar-refractivity contribution >= 4 is 35.7 Å². The zero-order valence-corrected chi connectivity index (χ0v) is 9.78. The Morgan fingerprint density at radius 1 is 1.46 bits per heavy atom. The van der Waals surface area contributed by atoms with E-state index in [9.17, 15) is 8.42 Å². The first-order chi connectivity index (χ1) is 5.96. The van der Waals surface area contributed by atoms with Crippen molar-refractivity contribution in [3.05, 3.63) is 22.7 Å². The highest BCUT2D eigenvalue weighted by molar-refractivity contribution is 9.10. The van der Waals surface area contributed by atoms with Crippen molar-refractivity contribution in [3.63, 3.8) is 0 Å². The van der Waals surface area contributed by atoms with E-state index in [0.717, 1.165) is 0 Å². The summed E-state index contributed by atoms with van der Waals surface area (Å²) in [6.45, 7) is 0.